The number of hydrogen-bond donors (Lipinski definition) is 0. The Labute approximate surface area is 99.9 Å². The van der Waals surface area contributed by atoms with Crippen molar-refractivity contribution in [2.75, 3.05) is 0 Å². The van der Waals surface area contributed by atoms with Crippen molar-refractivity contribution in [2.24, 2.45) is 0 Å². The van der Waals surface area contributed by atoms with Crippen molar-refractivity contribution in [1.29, 1.82) is 0 Å². The Morgan fingerprint density at radius 3 is 2.47 bits per heavy atom. The molecule has 0 aliphatic carbocycles. The molecule has 0 N–H and O–H groups in total. The third-order valence-corrected chi connectivity index (χ3v) is 2.94. The van der Waals surface area contributed by atoms with E-state index in [1.54, 1.807) is 19.1 Å². The standard InChI is InChI=1S/C15H13FO/c1-10-8-12(9-17)6-7-13(10)14-4-3-5-15(16)11(14)2/h3-9H,1-2H3. The predicted molar refractivity (Wildman–Crippen MR) is 66.7 cm³/mol. The van der Waals surface area contributed by atoms with Crippen LogP contribution in [0.1, 0.15) is 21.5 Å². The van der Waals surface area contributed by atoms with Crippen LogP contribution in [-0.4, -0.2) is 6.29 Å². The monoisotopic (exact) mass is 228 g/mol. The van der Waals surface area contributed by atoms with Gasteiger partial charge < -0.3 is 0 Å². The minimum atomic E-state index is -0.207. The van der Waals surface area contributed by atoms with E-state index in [9.17, 15) is 9.18 Å². The number of carbonyl (C=O) groups is 1. The van der Waals surface area contributed by atoms with Crippen molar-refractivity contribution in [3.63, 3.8) is 0 Å². The molecule has 86 valence electrons. The van der Waals surface area contributed by atoms with E-state index < -0.39 is 0 Å². The minimum Gasteiger partial charge on any atom is -0.298 e. The molecule has 0 fully saturated rings. The quantitative estimate of drug-likeness (QED) is 0.712. The van der Waals surface area contributed by atoms with Crippen LogP contribution in [0, 0.1) is 19.7 Å². The molecule has 0 amide bonds. The lowest BCUT2D eigenvalue weighted by Crippen LogP contribution is -1.91. The maximum Gasteiger partial charge on any atom is 0.150 e. The van der Waals surface area contributed by atoms with Gasteiger partial charge in [0.25, 0.3) is 0 Å². The van der Waals surface area contributed by atoms with Crippen molar-refractivity contribution < 1.29 is 9.18 Å². The molecule has 0 heterocycles. The third kappa shape index (κ3) is 2.11. The summed E-state index contributed by atoms with van der Waals surface area (Å²) in [7, 11) is 0. The lowest BCUT2D eigenvalue weighted by molar-refractivity contribution is 0.112. The summed E-state index contributed by atoms with van der Waals surface area (Å²) in [5.41, 5.74) is 4.09. The molecule has 17 heavy (non-hydrogen) atoms. The summed E-state index contributed by atoms with van der Waals surface area (Å²) in [5, 5.41) is 0. The molecule has 2 aromatic rings. The second-order valence-electron chi connectivity index (χ2n) is 4.10. The average Bonchev–Trinajstić information content (AvgIpc) is 2.33. The van der Waals surface area contributed by atoms with Crippen molar-refractivity contribution >= 4 is 6.29 Å². The van der Waals surface area contributed by atoms with Crippen LogP contribution in [0.4, 0.5) is 4.39 Å². The molecule has 0 aromatic heterocycles. The maximum absolute atomic E-state index is 13.5. The lowest BCUT2D eigenvalue weighted by Gasteiger charge is -2.10. The summed E-state index contributed by atoms with van der Waals surface area (Å²) < 4.78 is 13.5. The van der Waals surface area contributed by atoms with Crippen LogP contribution in [0.25, 0.3) is 11.1 Å². The molecule has 0 bridgehead atoms. The molecule has 0 aliphatic rings. The normalized spacial score (nSPS) is 10.3. The van der Waals surface area contributed by atoms with Gasteiger partial charge in [-0.1, -0.05) is 24.3 Å². The van der Waals surface area contributed by atoms with E-state index in [0.717, 1.165) is 23.0 Å². The highest BCUT2D eigenvalue weighted by atomic mass is 19.1. The fourth-order valence-corrected chi connectivity index (χ4v) is 1.96. The lowest BCUT2D eigenvalue weighted by atomic mass is 9.95. The highest BCUT2D eigenvalue weighted by Crippen LogP contribution is 2.28. The molecule has 1 nitrogen and oxygen atoms in total. The number of carbonyl (C=O) groups excluding carboxylic acids is 1. The summed E-state index contributed by atoms with van der Waals surface area (Å²) in [4.78, 5) is 10.7. The number of rotatable bonds is 2. The van der Waals surface area contributed by atoms with Gasteiger partial charge in [-0.15, -0.1) is 0 Å². The highest BCUT2D eigenvalue weighted by Gasteiger charge is 2.08. The first-order valence-electron chi connectivity index (χ1n) is 5.45. The van der Waals surface area contributed by atoms with Crippen molar-refractivity contribution in [3.8, 4) is 11.1 Å². The molecule has 0 spiro atoms. The Morgan fingerprint density at radius 1 is 1.06 bits per heavy atom. The molecule has 2 rings (SSSR count). The van der Waals surface area contributed by atoms with Crippen molar-refractivity contribution in [1.82, 2.24) is 0 Å². The maximum atomic E-state index is 13.5. The molecule has 0 atom stereocenters. The minimum absolute atomic E-state index is 0.207. The summed E-state index contributed by atoms with van der Waals surface area (Å²) in [5.74, 6) is -0.207. The number of aryl methyl sites for hydroxylation is 1. The topological polar surface area (TPSA) is 17.1 Å². The first-order valence-corrected chi connectivity index (χ1v) is 5.45. The molecule has 0 saturated carbocycles. The van der Waals surface area contributed by atoms with Crippen molar-refractivity contribution in [3.05, 3.63) is 58.9 Å². The van der Waals surface area contributed by atoms with Gasteiger partial charge >= 0.3 is 0 Å². The molecular formula is C15H13FO. The summed E-state index contributed by atoms with van der Waals surface area (Å²) in [6, 6.07) is 10.5. The second kappa shape index (κ2) is 4.50. The van der Waals surface area contributed by atoms with E-state index in [-0.39, 0.29) is 5.82 Å². The summed E-state index contributed by atoms with van der Waals surface area (Å²) in [6.45, 7) is 3.68. The van der Waals surface area contributed by atoms with E-state index in [1.165, 1.54) is 6.07 Å². The SMILES string of the molecule is Cc1cc(C=O)ccc1-c1cccc(F)c1C. The van der Waals surface area contributed by atoms with Crippen LogP contribution in [0.3, 0.4) is 0 Å². The largest absolute Gasteiger partial charge is 0.298 e. The van der Waals surface area contributed by atoms with Gasteiger partial charge in [0.2, 0.25) is 0 Å². The smallest absolute Gasteiger partial charge is 0.150 e. The van der Waals surface area contributed by atoms with Gasteiger partial charge in [0.15, 0.2) is 0 Å². The van der Waals surface area contributed by atoms with Crippen molar-refractivity contribution in [2.45, 2.75) is 13.8 Å². The number of aldehydes is 1. The van der Waals surface area contributed by atoms with Crippen LogP contribution >= 0.6 is 0 Å². The molecule has 0 unspecified atom stereocenters. The number of hydrogen-bond acceptors (Lipinski definition) is 1. The van der Waals surface area contributed by atoms with Crippen LogP contribution in [0.15, 0.2) is 36.4 Å². The van der Waals surface area contributed by atoms with Gasteiger partial charge in [-0.3, -0.25) is 4.79 Å². The predicted octanol–water partition coefficient (Wildman–Crippen LogP) is 3.92. The number of halogens is 1. The van der Waals surface area contributed by atoms with Gasteiger partial charge in [0.05, 0.1) is 0 Å². The van der Waals surface area contributed by atoms with E-state index in [4.69, 9.17) is 0 Å². The van der Waals surface area contributed by atoms with Crippen LogP contribution in [0.2, 0.25) is 0 Å². The first kappa shape index (κ1) is 11.5. The second-order valence-corrected chi connectivity index (χ2v) is 4.10. The summed E-state index contributed by atoms with van der Waals surface area (Å²) >= 11 is 0. The van der Waals surface area contributed by atoms with Gasteiger partial charge in [0, 0.05) is 5.56 Å². The zero-order valence-electron chi connectivity index (χ0n) is 9.83. The fourth-order valence-electron chi connectivity index (χ4n) is 1.96. The Kier molecular flexibility index (Phi) is 3.05. The Hall–Kier alpha value is -1.96. The molecule has 0 radical (unpaired) electrons. The van der Waals surface area contributed by atoms with Gasteiger partial charge in [-0.2, -0.15) is 0 Å². The third-order valence-electron chi connectivity index (χ3n) is 2.94. The van der Waals surface area contributed by atoms with E-state index in [0.29, 0.717) is 11.1 Å². The number of benzene rings is 2. The molecule has 0 saturated heterocycles. The summed E-state index contributed by atoms with van der Waals surface area (Å²) in [6.07, 6.45) is 0.815. The van der Waals surface area contributed by atoms with E-state index in [2.05, 4.69) is 0 Å². The van der Waals surface area contributed by atoms with Crippen LogP contribution in [0.5, 0.6) is 0 Å². The highest BCUT2D eigenvalue weighted by molar-refractivity contribution is 5.79. The fraction of sp³-hybridized carbons (Fsp3) is 0.133. The van der Waals surface area contributed by atoms with Gasteiger partial charge in [-0.05, 0) is 48.2 Å². The van der Waals surface area contributed by atoms with Crippen LogP contribution in [-0.2, 0) is 0 Å². The average molecular weight is 228 g/mol. The Balaban J connectivity index is 2.61. The molecular weight excluding hydrogens is 215 g/mol. The molecule has 2 heteroatoms. The van der Waals surface area contributed by atoms with Gasteiger partial charge in [-0.25, -0.2) is 4.39 Å². The van der Waals surface area contributed by atoms with E-state index in [1.807, 2.05) is 25.1 Å². The Bertz CT molecular complexity index is 573. The molecule has 2 aromatic carbocycles. The van der Waals surface area contributed by atoms with Gasteiger partial charge in [0.1, 0.15) is 12.1 Å². The van der Waals surface area contributed by atoms with E-state index >= 15 is 0 Å². The zero-order chi connectivity index (χ0) is 12.4. The zero-order valence-corrected chi connectivity index (χ0v) is 9.83. The first-order chi connectivity index (χ1) is 8.13. The molecule has 0 aliphatic heterocycles. The Morgan fingerprint density at radius 2 is 1.82 bits per heavy atom. The van der Waals surface area contributed by atoms with Crippen LogP contribution < -0.4 is 0 Å².